The normalized spacial score (nSPS) is 12.5. The highest BCUT2D eigenvalue weighted by Gasteiger charge is 2.32. The van der Waals surface area contributed by atoms with E-state index in [1.807, 2.05) is 48.5 Å². The van der Waals surface area contributed by atoms with Crippen molar-refractivity contribution >= 4 is 11.6 Å². The molecule has 0 spiro atoms. The van der Waals surface area contributed by atoms with Gasteiger partial charge in [-0.1, -0.05) is 48.5 Å². The van der Waals surface area contributed by atoms with Crippen molar-refractivity contribution in [1.82, 2.24) is 25.1 Å². The zero-order valence-electron chi connectivity index (χ0n) is 19.0. The van der Waals surface area contributed by atoms with Crippen LogP contribution in [0.5, 0.6) is 17.4 Å². The lowest BCUT2D eigenvalue weighted by Crippen LogP contribution is -2.34. The van der Waals surface area contributed by atoms with Crippen molar-refractivity contribution in [1.29, 1.82) is 0 Å². The van der Waals surface area contributed by atoms with Crippen LogP contribution in [0.2, 0.25) is 0 Å². The second-order valence-electron chi connectivity index (χ2n) is 8.23. The Hall–Kier alpha value is -4.79. The number of carbonyl (C=O) groups is 1. The standard InChI is InChI=1S/C27H20FN5O3/c28-18-7-5-6-17(16-18)26-31-30-23-12-13-24(32-33(23)26)35-15-14-29-27(34)25-19-8-1-3-10-21(19)36-22-11-4-2-9-20(22)25/h1-13,16,25H,14-15H2,(H,29,34). The van der Waals surface area contributed by atoms with Crippen LogP contribution in [-0.2, 0) is 4.79 Å². The maximum absolute atomic E-state index is 13.7. The highest BCUT2D eigenvalue weighted by molar-refractivity contribution is 5.89. The highest BCUT2D eigenvalue weighted by atomic mass is 19.1. The molecule has 0 unspecified atom stereocenters. The van der Waals surface area contributed by atoms with Gasteiger partial charge >= 0.3 is 0 Å². The lowest BCUT2D eigenvalue weighted by atomic mass is 9.87. The SMILES string of the molecule is O=C(NCCOc1ccc2nnc(-c3cccc(F)c3)n2n1)C1c2ccccc2Oc2ccccc21. The van der Waals surface area contributed by atoms with Gasteiger partial charge in [0.25, 0.3) is 0 Å². The van der Waals surface area contributed by atoms with E-state index in [1.54, 1.807) is 24.3 Å². The summed E-state index contributed by atoms with van der Waals surface area (Å²) in [6, 6.07) is 24.5. The quantitative estimate of drug-likeness (QED) is 0.363. The minimum absolute atomic E-state index is 0.141. The second-order valence-corrected chi connectivity index (χ2v) is 8.23. The molecule has 0 radical (unpaired) electrons. The second kappa shape index (κ2) is 9.10. The van der Waals surface area contributed by atoms with Crippen molar-refractivity contribution in [3.05, 3.63) is 102 Å². The average Bonchev–Trinajstić information content (AvgIpc) is 3.33. The summed E-state index contributed by atoms with van der Waals surface area (Å²) in [4.78, 5) is 13.2. The molecule has 0 bridgehead atoms. The Morgan fingerprint density at radius 1 is 0.944 bits per heavy atom. The van der Waals surface area contributed by atoms with E-state index in [1.165, 1.54) is 16.6 Å². The molecule has 6 rings (SSSR count). The van der Waals surface area contributed by atoms with E-state index in [0.717, 1.165) is 11.1 Å². The van der Waals surface area contributed by atoms with Crippen molar-refractivity contribution < 1.29 is 18.7 Å². The van der Waals surface area contributed by atoms with E-state index in [9.17, 15) is 9.18 Å². The Kier molecular flexibility index (Phi) is 5.49. The monoisotopic (exact) mass is 481 g/mol. The first kappa shape index (κ1) is 21.7. The molecule has 1 aliphatic heterocycles. The predicted octanol–water partition coefficient (Wildman–Crippen LogP) is 4.36. The van der Waals surface area contributed by atoms with Gasteiger partial charge in [-0.2, -0.15) is 4.52 Å². The van der Waals surface area contributed by atoms with Gasteiger partial charge in [0.05, 0.1) is 12.5 Å². The Bertz CT molecular complexity index is 1540. The fraction of sp³-hybridized carbons (Fsp3) is 0.111. The van der Waals surface area contributed by atoms with Gasteiger partial charge in [-0.15, -0.1) is 15.3 Å². The molecule has 0 atom stereocenters. The number of carbonyl (C=O) groups excluding carboxylic acids is 1. The van der Waals surface area contributed by atoms with Gasteiger partial charge in [-0.05, 0) is 30.3 Å². The van der Waals surface area contributed by atoms with E-state index in [-0.39, 0.29) is 24.9 Å². The first-order valence-electron chi connectivity index (χ1n) is 11.4. The molecule has 9 heteroatoms. The first-order chi connectivity index (χ1) is 17.7. The molecule has 0 saturated carbocycles. The Morgan fingerprint density at radius 2 is 1.69 bits per heavy atom. The number of amides is 1. The maximum atomic E-state index is 13.7. The van der Waals surface area contributed by atoms with Gasteiger partial charge in [0.1, 0.15) is 23.9 Å². The summed E-state index contributed by atoms with van der Waals surface area (Å²) in [5, 5.41) is 15.6. The van der Waals surface area contributed by atoms with Crippen LogP contribution in [0.25, 0.3) is 17.0 Å². The molecular weight excluding hydrogens is 461 g/mol. The fourth-order valence-corrected chi connectivity index (χ4v) is 4.28. The molecule has 0 saturated heterocycles. The summed E-state index contributed by atoms with van der Waals surface area (Å²) in [5.41, 5.74) is 2.70. The highest BCUT2D eigenvalue weighted by Crippen LogP contribution is 2.43. The van der Waals surface area contributed by atoms with Gasteiger partial charge < -0.3 is 14.8 Å². The van der Waals surface area contributed by atoms with Crippen LogP contribution in [0.15, 0.2) is 84.9 Å². The van der Waals surface area contributed by atoms with Crippen molar-refractivity contribution in [3.63, 3.8) is 0 Å². The summed E-state index contributed by atoms with van der Waals surface area (Å²) >= 11 is 0. The number of rotatable bonds is 6. The molecule has 3 aromatic carbocycles. The predicted molar refractivity (Wildman–Crippen MR) is 129 cm³/mol. The minimum Gasteiger partial charge on any atom is -0.475 e. The lowest BCUT2D eigenvalue weighted by molar-refractivity contribution is -0.121. The van der Waals surface area contributed by atoms with Crippen LogP contribution in [0.1, 0.15) is 17.0 Å². The third kappa shape index (κ3) is 4.00. The van der Waals surface area contributed by atoms with E-state index >= 15 is 0 Å². The zero-order chi connectivity index (χ0) is 24.5. The number of fused-ring (bicyclic) bond motifs is 3. The molecule has 5 aromatic rings. The molecule has 0 fully saturated rings. The Morgan fingerprint density at radius 3 is 2.44 bits per heavy atom. The molecule has 178 valence electrons. The Balaban J connectivity index is 1.14. The minimum atomic E-state index is -0.480. The molecule has 1 aliphatic rings. The van der Waals surface area contributed by atoms with Gasteiger partial charge in [0.2, 0.25) is 11.8 Å². The van der Waals surface area contributed by atoms with Crippen LogP contribution in [-0.4, -0.2) is 38.9 Å². The van der Waals surface area contributed by atoms with E-state index < -0.39 is 5.92 Å². The number of hydrogen-bond acceptors (Lipinski definition) is 6. The van der Waals surface area contributed by atoms with Crippen LogP contribution >= 0.6 is 0 Å². The maximum Gasteiger partial charge on any atom is 0.232 e. The largest absolute Gasteiger partial charge is 0.475 e. The molecule has 3 heterocycles. The van der Waals surface area contributed by atoms with E-state index in [2.05, 4.69) is 20.6 Å². The van der Waals surface area contributed by atoms with Gasteiger partial charge in [-0.3, -0.25) is 4.79 Å². The lowest BCUT2D eigenvalue weighted by Gasteiger charge is -2.27. The van der Waals surface area contributed by atoms with Crippen molar-refractivity contribution in [2.24, 2.45) is 0 Å². The van der Waals surface area contributed by atoms with Gasteiger partial charge in [0, 0.05) is 22.8 Å². The number of nitrogens with zero attached hydrogens (tertiary/aromatic N) is 4. The molecule has 2 aromatic heterocycles. The number of ether oxygens (including phenoxy) is 2. The number of halogens is 1. The van der Waals surface area contributed by atoms with Crippen LogP contribution < -0.4 is 14.8 Å². The zero-order valence-corrected chi connectivity index (χ0v) is 19.0. The summed E-state index contributed by atoms with van der Waals surface area (Å²) < 4.78 is 26.9. The van der Waals surface area contributed by atoms with Crippen molar-refractivity contribution in [2.75, 3.05) is 13.2 Å². The van der Waals surface area contributed by atoms with Gasteiger partial charge in [-0.25, -0.2) is 4.39 Å². The van der Waals surface area contributed by atoms with E-state index in [0.29, 0.717) is 34.4 Å². The summed E-state index contributed by atoms with van der Waals surface area (Å²) in [6.45, 7) is 0.480. The fourth-order valence-electron chi connectivity index (χ4n) is 4.28. The van der Waals surface area contributed by atoms with Crippen LogP contribution in [0.3, 0.4) is 0 Å². The number of benzene rings is 3. The number of hydrogen-bond donors (Lipinski definition) is 1. The average molecular weight is 481 g/mol. The number of para-hydroxylation sites is 2. The summed E-state index contributed by atoms with van der Waals surface area (Å²) in [7, 11) is 0. The first-order valence-corrected chi connectivity index (χ1v) is 11.4. The van der Waals surface area contributed by atoms with Gasteiger partial charge in [0.15, 0.2) is 11.5 Å². The molecule has 36 heavy (non-hydrogen) atoms. The summed E-state index contributed by atoms with van der Waals surface area (Å²) in [5.74, 6) is 1.09. The molecule has 8 nitrogen and oxygen atoms in total. The molecule has 0 aliphatic carbocycles. The van der Waals surface area contributed by atoms with Crippen molar-refractivity contribution in [3.8, 4) is 28.8 Å². The van der Waals surface area contributed by atoms with E-state index in [4.69, 9.17) is 9.47 Å². The smallest absolute Gasteiger partial charge is 0.232 e. The van der Waals surface area contributed by atoms with Crippen molar-refractivity contribution in [2.45, 2.75) is 5.92 Å². The number of nitrogens with one attached hydrogen (secondary N) is 1. The molecular formula is C27H20FN5O3. The topological polar surface area (TPSA) is 90.6 Å². The molecule has 1 N–H and O–H groups in total. The third-order valence-electron chi connectivity index (χ3n) is 5.91. The van der Waals surface area contributed by atoms with Crippen LogP contribution in [0.4, 0.5) is 4.39 Å². The molecule has 1 amide bonds. The van der Waals surface area contributed by atoms with Crippen LogP contribution in [0, 0.1) is 5.82 Å². The third-order valence-corrected chi connectivity index (χ3v) is 5.91. The summed E-state index contributed by atoms with van der Waals surface area (Å²) in [6.07, 6.45) is 0. The number of aromatic nitrogens is 4. The Labute approximate surface area is 205 Å².